The van der Waals surface area contributed by atoms with Crippen LogP contribution in [0.4, 0.5) is 0 Å². The van der Waals surface area contributed by atoms with Crippen LogP contribution in [0.2, 0.25) is 0 Å². The zero-order chi connectivity index (χ0) is 12.6. The third-order valence-corrected chi connectivity index (χ3v) is 5.23. The van der Waals surface area contributed by atoms with Gasteiger partial charge in [0.25, 0.3) is 0 Å². The fraction of sp³-hybridized carbons (Fsp3) is 0.500. The maximum absolute atomic E-state index is 5.28. The van der Waals surface area contributed by atoms with Crippen LogP contribution in [0.15, 0.2) is 18.2 Å². The Labute approximate surface area is 111 Å². The molecule has 1 aliphatic heterocycles. The number of thiazole rings is 1. The molecule has 0 amide bonds. The molecular weight excluding hydrogens is 244 g/mol. The Morgan fingerprint density at radius 3 is 3.06 bits per heavy atom. The van der Waals surface area contributed by atoms with E-state index in [0.29, 0.717) is 0 Å². The molecule has 2 heterocycles. The first-order chi connectivity index (χ1) is 8.77. The van der Waals surface area contributed by atoms with Gasteiger partial charge in [-0.3, -0.25) is 0 Å². The van der Waals surface area contributed by atoms with Crippen molar-refractivity contribution >= 4 is 21.6 Å². The summed E-state index contributed by atoms with van der Waals surface area (Å²) in [6, 6.07) is 6.12. The van der Waals surface area contributed by atoms with Crippen molar-refractivity contribution in [1.29, 1.82) is 0 Å². The molecule has 1 aromatic heterocycles. The van der Waals surface area contributed by atoms with E-state index in [1.165, 1.54) is 16.1 Å². The average molecular weight is 262 g/mol. The second kappa shape index (κ2) is 4.52. The van der Waals surface area contributed by atoms with E-state index in [4.69, 9.17) is 9.72 Å². The van der Waals surface area contributed by atoms with Crippen LogP contribution in [0.25, 0.3) is 10.2 Å². The number of ether oxygens (including phenoxy) is 1. The Morgan fingerprint density at radius 2 is 2.39 bits per heavy atom. The summed E-state index contributed by atoms with van der Waals surface area (Å²) in [5.41, 5.74) is 1.34. The van der Waals surface area contributed by atoms with Gasteiger partial charge in [0.2, 0.25) is 0 Å². The summed E-state index contributed by atoms with van der Waals surface area (Å²) < 4.78 is 6.50. The molecular formula is C14H18N2OS. The van der Waals surface area contributed by atoms with E-state index in [0.717, 1.165) is 30.8 Å². The molecule has 0 bridgehead atoms. The number of fused-ring (bicyclic) bond motifs is 1. The molecule has 0 saturated carbocycles. The molecule has 3 rings (SSSR count). The number of benzene rings is 1. The van der Waals surface area contributed by atoms with Gasteiger partial charge in [0.05, 0.1) is 17.3 Å². The molecule has 0 radical (unpaired) electrons. The van der Waals surface area contributed by atoms with Crippen molar-refractivity contribution in [1.82, 2.24) is 10.3 Å². The standard InChI is InChI=1S/C14H18N2OS/c1-3-14(6-7-15-9-14)13-16-11-5-4-10(17-2)8-12(11)18-13/h4-5,8,15H,3,6-7,9H2,1-2H3. The zero-order valence-electron chi connectivity index (χ0n) is 10.8. The van der Waals surface area contributed by atoms with Gasteiger partial charge in [-0.05, 0) is 37.6 Å². The van der Waals surface area contributed by atoms with Crippen LogP contribution in [0.3, 0.4) is 0 Å². The highest BCUT2D eigenvalue weighted by Crippen LogP contribution is 2.39. The molecule has 1 N–H and O–H groups in total. The lowest BCUT2D eigenvalue weighted by Crippen LogP contribution is -2.27. The van der Waals surface area contributed by atoms with Crippen molar-refractivity contribution in [3.63, 3.8) is 0 Å². The van der Waals surface area contributed by atoms with E-state index >= 15 is 0 Å². The average Bonchev–Trinajstić information content (AvgIpc) is 3.04. The number of hydrogen-bond acceptors (Lipinski definition) is 4. The molecule has 0 spiro atoms. The maximum atomic E-state index is 5.28. The molecule has 0 aliphatic carbocycles. The van der Waals surface area contributed by atoms with Crippen molar-refractivity contribution in [3.05, 3.63) is 23.2 Å². The van der Waals surface area contributed by atoms with Gasteiger partial charge in [-0.25, -0.2) is 4.98 Å². The highest BCUT2D eigenvalue weighted by atomic mass is 32.1. The smallest absolute Gasteiger partial charge is 0.120 e. The second-order valence-electron chi connectivity index (χ2n) is 4.91. The maximum Gasteiger partial charge on any atom is 0.120 e. The van der Waals surface area contributed by atoms with Gasteiger partial charge in [-0.2, -0.15) is 0 Å². The highest BCUT2D eigenvalue weighted by Gasteiger charge is 2.36. The van der Waals surface area contributed by atoms with Crippen molar-refractivity contribution in [2.24, 2.45) is 0 Å². The van der Waals surface area contributed by atoms with Gasteiger partial charge in [-0.15, -0.1) is 11.3 Å². The van der Waals surface area contributed by atoms with Gasteiger partial charge in [0, 0.05) is 12.0 Å². The number of rotatable bonds is 3. The molecule has 1 atom stereocenters. The molecule has 4 heteroatoms. The normalized spacial score (nSPS) is 23.7. The number of methoxy groups -OCH3 is 1. The van der Waals surface area contributed by atoms with Crippen molar-refractivity contribution in [2.45, 2.75) is 25.2 Å². The van der Waals surface area contributed by atoms with Crippen molar-refractivity contribution < 1.29 is 4.74 Å². The molecule has 18 heavy (non-hydrogen) atoms. The lowest BCUT2D eigenvalue weighted by molar-refractivity contribution is 0.415. The molecule has 1 fully saturated rings. The monoisotopic (exact) mass is 262 g/mol. The fourth-order valence-electron chi connectivity index (χ4n) is 2.64. The first-order valence-electron chi connectivity index (χ1n) is 6.43. The summed E-state index contributed by atoms with van der Waals surface area (Å²) in [4.78, 5) is 4.84. The van der Waals surface area contributed by atoms with Crippen LogP contribution in [0, 0.1) is 0 Å². The number of nitrogens with zero attached hydrogens (tertiary/aromatic N) is 1. The molecule has 96 valence electrons. The summed E-state index contributed by atoms with van der Waals surface area (Å²) in [6.07, 6.45) is 2.34. The minimum absolute atomic E-state index is 0.247. The van der Waals surface area contributed by atoms with Crippen LogP contribution in [0.5, 0.6) is 5.75 Å². The largest absolute Gasteiger partial charge is 0.497 e. The van der Waals surface area contributed by atoms with Gasteiger partial charge in [0.1, 0.15) is 10.8 Å². The third-order valence-electron chi connectivity index (χ3n) is 3.97. The van der Waals surface area contributed by atoms with Crippen LogP contribution in [0.1, 0.15) is 24.8 Å². The molecule has 1 saturated heterocycles. The van der Waals surface area contributed by atoms with Crippen LogP contribution in [-0.4, -0.2) is 25.2 Å². The van der Waals surface area contributed by atoms with E-state index in [9.17, 15) is 0 Å². The van der Waals surface area contributed by atoms with Gasteiger partial charge >= 0.3 is 0 Å². The third kappa shape index (κ3) is 1.80. The molecule has 2 aromatic rings. The van der Waals surface area contributed by atoms with E-state index in [-0.39, 0.29) is 5.41 Å². The van der Waals surface area contributed by atoms with Gasteiger partial charge in [0.15, 0.2) is 0 Å². The Balaban J connectivity index is 2.07. The number of aromatic nitrogens is 1. The summed E-state index contributed by atoms with van der Waals surface area (Å²) in [7, 11) is 1.71. The van der Waals surface area contributed by atoms with Crippen molar-refractivity contribution in [3.8, 4) is 5.75 Å². The molecule has 1 unspecified atom stereocenters. The minimum Gasteiger partial charge on any atom is -0.497 e. The van der Waals surface area contributed by atoms with Crippen molar-refractivity contribution in [2.75, 3.05) is 20.2 Å². The van der Waals surface area contributed by atoms with Gasteiger partial charge < -0.3 is 10.1 Å². The summed E-state index contributed by atoms with van der Waals surface area (Å²) >= 11 is 1.82. The minimum atomic E-state index is 0.247. The van der Waals surface area contributed by atoms with E-state index in [1.807, 2.05) is 17.4 Å². The Bertz CT molecular complexity index is 558. The fourth-order valence-corrected chi connectivity index (χ4v) is 3.92. The Kier molecular flexibility index (Phi) is 2.99. The number of nitrogens with one attached hydrogen (secondary N) is 1. The Morgan fingerprint density at radius 1 is 1.50 bits per heavy atom. The summed E-state index contributed by atoms with van der Waals surface area (Å²) in [5.74, 6) is 0.910. The SMILES string of the molecule is CCC1(c2nc3ccc(OC)cc3s2)CCNC1. The summed E-state index contributed by atoms with van der Waals surface area (Å²) in [5, 5.41) is 4.75. The molecule has 1 aromatic carbocycles. The number of hydrogen-bond donors (Lipinski definition) is 1. The Hall–Kier alpha value is -1.13. The van der Waals surface area contributed by atoms with Gasteiger partial charge in [-0.1, -0.05) is 6.92 Å². The predicted octanol–water partition coefficient (Wildman–Crippen LogP) is 2.95. The first kappa shape index (κ1) is 11.9. The molecule has 1 aliphatic rings. The van der Waals surface area contributed by atoms with Crippen LogP contribution in [-0.2, 0) is 5.41 Å². The highest BCUT2D eigenvalue weighted by molar-refractivity contribution is 7.18. The van der Waals surface area contributed by atoms with Crippen LogP contribution >= 0.6 is 11.3 Å². The summed E-state index contributed by atoms with van der Waals surface area (Å²) in [6.45, 7) is 4.42. The quantitative estimate of drug-likeness (QED) is 0.923. The van der Waals surface area contributed by atoms with E-state index in [2.05, 4.69) is 24.4 Å². The zero-order valence-corrected chi connectivity index (χ0v) is 11.6. The van der Waals surface area contributed by atoms with Crippen LogP contribution < -0.4 is 10.1 Å². The lowest BCUT2D eigenvalue weighted by atomic mass is 9.85. The first-order valence-corrected chi connectivity index (χ1v) is 7.25. The van der Waals surface area contributed by atoms with E-state index in [1.54, 1.807) is 7.11 Å². The molecule has 3 nitrogen and oxygen atoms in total. The topological polar surface area (TPSA) is 34.1 Å². The second-order valence-corrected chi connectivity index (χ2v) is 5.94. The predicted molar refractivity (Wildman–Crippen MR) is 75.6 cm³/mol. The van der Waals surface area contributed by atoms with E-state index < -0.39 is 0 Å². The lowest BCUT2D eigenvalue weighted by Gasteiger charge is -2.23.